The first-order valence-corrected chi connectivity index (χ1v) is 8.03. The topological polar surface area (TPSA) is 75.2 Å². The molecule has 7 heteroatoms. The Labute approximate surface area is 118 Å². The number of sulfonamides is 1. The second kappa shape index (κ2) is 5.87. The molecule has 0 aliphatic heterocycles. The Morgan fingerprint density at radius 2 is 1.80 bits per heavy atom. The summed E-state index contributed by atoms with van der Waals surface area (Å²) in [6.45, 7) is 2.74. The second-order valence-corrected chi connectivity index (χ2v) is 5.98. The van der Waals surface area contributed by atoms with Gasteiger partial charge < -0.3 is 4.90 Å². The summed E-state index contributed by atoms with van der Waals surface area (Å²) in [6.07, 6.45) is 1.07. The second-order valence-electron chi connectivity index (χ2n) is 4.23. The molecule has 2 aromatic rings. The summed E-state index contributed by atoms with van der Waals surface area (Å²) in [6, 6.07) is 13.1. The minimum absolute atomic E-state index is 0.209. The van der Waals surface area contributed by atoms with Gasteiger partial charge in [0.1, 0.15) is 0 Å². The van der Waals surface area contributed by atoms with Gasteiger partial charge in [0.15, 0.2) is 11.6 Å². The van der Waals surface area contributed by atoms with E-state index in [9.17, 15) is 8.42 Å². The van der Waals surface area contributed by atoms with Crippen LogP contribution in [0, 0.1) is 0 Å². The molecule has 106 valence electrons. The molecule has 0 aliphatic rings. The van der Waals surface area contributed by atoms with Crippen LogP contribution in [0.2, 0.25) is 0 Å². The van der Waals surface area contributed by atoms with E-state index in [1.165, 1.54) is 0 Å². The lowest BCUT2D eigenvalue weighted by atomic mass is 10.3. The maximum absolute atomic E-state index is 11.1. The van der Waals surface area contributed by atoms with Crippen molar-refractivity contribution in [3.63, 3.8) is 0 Å². The summed E-state index contributed by atoms with van der Waals surface area (Å²) < 4.78 is 24.5. The Hall–Kier alpha value is -2.15. The molecule has 1 N–H and O–H groups in total. The fourth-order valence-corrected chi connectivity index (χ4v) is 2.29. The molecule has 0 radical (unpaired) electrons. The molecule has 0 amide bonds. The van der Waals surface area contributed by atoms with Gasteiger partial charge in [0, 0.05) is 12.2 Å². The van der Waals surface area contributed by atoms with Crippen LogP contribution in [0.4, 0.5) is 17.3 Å². The highest BCUT2D eigenvalue weighted by molar-refractivity contribution is 7.92. The number of hydrogen-bond donors (Lipinski definition) is 1. The van der Waals surface area contributed by atoms with Crippen LogP contribution in [0.1, 0.15) is 6.92 Å². The van der Waals surface area contributed by atoms with Gasteiger partial charge in [-0.25, -0.2) is 8.42 Å². The third kappa shape index (κ3) is 3.67. The molecule has 0 saturated carbocycles. The third-order valence-electron chi connectivity index (χ3n) is 2.60. The first kappa shape index (κ1) is 14.3. The van der Waals surface area contributed by atoms with Gasteiger partial charge in [-0.1, -0.05) is 18.2 Å². The molecule has 1 aromatic heterocycles. The smallest absolute Gasteiger partial charge is 0.231 e. The minimum Gasteiger partial charge on any atom is -0.325 e. The van der Waals surface area contributed by atoms with Crippen LogP contribution in [0.25, 0.3) is 0 Å². The molecular weight excluding hydrogens is 276 g/mol. The number of aromatic nitrogens is 2. The standard InChI is InChI=1S/C13H16N4O2S/c1-3-17(11-7-5-4-6-8-11)13-10-9-12(14-15-13)16-20(2,18)19/h4-10H,3H2,1-2H3,(H,14,16). The zero-order valence-electron chi connectivity index (χ0n) is 11.3. The number of hydrogen-bond acceptors (Lipinski definition) is 5. The Kier molecular flexibility index (Phi) is 4.19. The van der Waals surface area contributed by atoms with Crippen molar-refractivity contribution in [1.82, 2.24) is 10.2 Å². The molecule has 20 heavy (non-hydrogen) atoms. The minimum atomic E-state index is -3.33. The van der Waals surface area contributed by atoms with E-state index >= 15 is 0 Å². The fraction of sp³-hybridized carbons (Fsp3) is 0.231. The highest BCUT2D eigenvalue weighted by atomic mass is 32.2. The molecule has 0 aliphatic carbocycles. The van der Waals surface area contributed by atoms with E-state index in [-0.39, 0.29) is 5.82 Å². The first-order chi connectivity index (χ1) is 9.49. The van der Waals surface area contributed by atoms with E-state index < -0.39 is 10.0 Å². The van der Waals surface area contributed by atoms with E-state index in [0.29, 0.717) is 5.82 Å². The maximum Gasteiger partial charge on any atom is 0.231 e. The summed E-state index contributed by atoms with van der Waals surface area (Å²) in [7, 11) is -3.33. The van der Waals surface area contributed by atoms with Crippen LogP contribution in [-0.2, 0) is 10.0 Å². The number of benzene rings is 1. The van der Waals surface area contributed by atoms with Gasteiger partial charge in [-0.05, 0) is 31.2 Å². The molecule has 1 heterocycles. The number of nitrogens with one attached hydrogen (secondary N) is 1. The van der Waals surface area contributed by atoms with Crippen molar-refractivity contribution in [2.75, 3.05) is 22.4 Å². The Balaban J connectivity index is 2.24. The molecular formula is C13H16N4O2S. The summed E-state index contributed by atoms with van der Waals surface area (Å²) in [5.74, 6) is 0.873. The van der Waals surface area contributed by atoms with Gasteiger partial charge in [0.05, 0.1) is 6.26 Å². The largest absolute Gasteiger partial charge is 0.325 e. The summed E-state index contributed by atoms with van der Waals surface area (Å²) in [5, 5.41) is 7.94. The highest BCUT2D eigenvalue weighted by Gasteiger charge is 2.10. The molecule has 0 unspecified atom stereocenters. The van der Waals surface area contributed by atoms with Crippen LogP contribution >= 0.6 is 0 Å². The number of anilines is 3. The van der Waals surface area contributed by atoms with Crippen molar-refractivity contribution in [3.8, 4) is 0 Å². The molecule has 2 rings (SSSR count). The lowest BCUT2D eigenvalue weighted by Crippen LogP contribution is -2.18. The highest BCUT2D eigenvalue weighted by Crippen LogP contribution is 2.22. The van der Waals surface area contributed by atoms with E-state index in [4.69, 9.17) is 0 Å². The maximum atomic E-state index is 11.1. The fourth-order valence-electron chi connectivity index (χ4n) is 1.80. The lowest BCUT2D eigenvalue weighted by Gasteiger charge is -2.21. The average molecular weight is 292 g/mol. The predicted octanol–water partition coefficient (Wildman–Crippen LogP) is 2.01. The van der Waals surface area contributed by atoms with E-state index in [0.717, 1.165) is 18.5 Å². The molecule has 0 atom stereocenters. The summed E-state index contributed by atoms with van der Waals surface area (Å²) in [5.41, 5.74) is 1.01. The van der Waals surface area contributed by atoms with Crippen molar-refractivity contribution >= 4 is 27.3 Å². The molecule has 0 fully saturated rings. The Morgan fingerprint density at radius 1 is 1.10 bits per heavy atom. The van der Waals surface area contributed by atoms with Gasteiger partial charge in [-0.3, -0.25) is 4.72 Å². The number of rotatable bonds is 5. The number of nitrogens with zero attached hydrogens (tertiary/aromatic N) is 3. The average Bonchev–Trinajstić information content (AvgIpc) is 2.41. The van der Waals surface area contributed by atoms with Gasteiger partial charge in [0.25, 0.3) is 0 Å². The molecule has 1 aromatic carbocycles. The van der Waals surface area contributed by atoms with Crippen molar-refractivity contribution in [3.05, 3.63) is 42.5 Å². The quantitative estimate of drug-likeness (QED) is 0.912. The van der Waals surface area contributed by atoms with Crippen molar-refractivity contribution in [1.29, 1.82) is 0 Å². The van der Waals surface area contributed by atoms with Gasteiger partial charge in [-0.2, -0.15) is 0 Å². The Morgan fingerprint density at radius 3 is 2.30 bits per heavy atom. The zero-order valence-corrected chi connectivity index (χ0v) is 12.1. The summed E-state index contributed by atoms with van der Waals surface area (Å²) >= 11 is 0. The van der Waals surface area contributed by atoms with E-state index in [2.05, 4.69) is 14.9 Å². The monoisotopic (exact) mass is 292 g/mol. The third-order valence-corrected chi connectivity index (χ3v) is 3.18. The van der Waals surface area contributed by atoms with E-state index in [1.54, 1.807) is 12.1 Å². The first-order valence-electron chi connectivity index (χ1n) is 6.13. The van der Waals surface area contributed by atoms with Crippen LogP contribution < -0.4 is 9.62 Å². The molecule has 6 nitrogen and oxygen atoms in total. The lowest BCUT2D eigenvalue weighted by molar-refractivity contribution is 0.606. The van der Waals surface area contributed by atoms with Gasteiger partial charge >= 0.3 is 0 Å². The van der Waals surface area contributed by atoms with Crippen LogP contribution in [-0.4, -0.2) is 31.4 Å². The normalized spacial score (nSPS) is 11.1. The predicted molar refractivity (Wildman–Crippen MR) is 79.6 cm³/mol. The van der Waals surface area contributed by atoms with Crippen LogP contribution in [0.5, 0.6) is 0 Å². The van der Waals surface area contributed by atoms with Crippen molar-refractivity contribution in [2.24, 2.45) is 0 Å². The van der Waals surface area contributed by atoms with Crippen molar-refractivity contribution < 1.29 is 8.42 Å². The van der Waals surface area contributed by atoms with Crippen LogP contribution in [0.15, 0.2) is 42.5 Å². The molecule has 0 bridgehead atoms. The Bertz CT molecular complexity index is 657. The van der Waals surface area contributed by atoms with Crippen molar-refractivity contribution in [2.45, 2.75) is 6.92 Å². The molecule has 0 spiro atoms. The van der Waals surface area contributed by atoms with E-state index in [1.807, 2.05) is 42.2 Å². The molecule has 0 saturated heterocycles. The van der Waals surface area contributed by atoms with Crippen LogP contribution in [0.3, 0.4) is 0 Å². The zero-order chi connectivity index (χ0) is 14.6. The van der Waals surface area contributed by atoms with Gasteiger partial charge in [0.2, 0.25) is 10.0 Å². The number of para-hydroxylation sites is 1. The SMILES string of the molecule is CCN(c1ccccc1)c1ccc(NS(C)(=O)=O)nn1. The van der Waals surface area contributed by atoms with Gasteiger partial charge in [-0.15, -0.1) is 10.2 Å². The summed E-state index contributed by atoms with van der Waals surface area (Å²) in [4.78, 5) is 1.98.